The predicted molar refractivity (Wildman–Crippen MR) is 81.5 cm³/mol. The van der Waals surface area contributed by atoms with Gasteiger partial charge in [0.05, 0.1) is 0 Å². The third kappa shape index (κ3) is 4.39. The highest BCUT2D eigenvalue weighted by Gasteiger charge is 2.11. The largest absolute Gasteiger partial charge is 0.448 e. The Morgan fingerprint density at radius 1 is 1.35 bits per heavy atom. The first-order valence-electron chi connectivity index (χ1n) is 7.08. The third-order valence-corrected chi connectivity index (χ3v) is 4.00. The van der Waals surface area contributed by atoms with Crippen molar-refractivity contribution in [2.75, 3.05) is 31.6 Å². The lowest BCUT2D eigenvalue weighted by Crippen LogP contribution is -2.33. The molecule has 1 aliphatic heterocycles. The van der Waals surface area contributed by atoms with Gasteiger partial charge in [0.2, 0.25) is 0 Å². The van der Waals surface area contributed by atoms with E-state index in [1.165, 1.54) is 19.3 Å². The van der Waals surface area contributed by atoms with E-state index in [0.717, 1.165) is 25.2 Å². The Balaban J connectivity index is 1.73. The van der Waals surface area contributed by atoms with E-state index in [2.05, 4.69) is 10.2 Å². The van der Waals surface area contributed by atoms with E-state index in [1.54, 1.807) is 12.1 Å². The van der Waals surface area contributed by atoms with Crippen molar-refractivity contribution in [3.8, 4) is 0 Å². The molecular formula is C15H21ClN2O2. The minimum absolute atomic E-state index is 0.422. The van der Waals surface area contributed by atoms with Crippen LogP contribution in [-0.2, 0) is 4.74 Å². The first-order valence-corrected chi connectivity index (χ1v) is 7.46. The summed E-state index contributed by atoms with van der Waals surface area (Å²) in [4.78, 5) is 14.1. The number of carbonyl (C=O) groups excluding carboxylic acids is 1. The molecule has 1 aromatic rings. The molecule has 0 radical (unpaired) electrons. The molecule has 1 aliphatic rings. The number of hydrogen-bond donors (Lipinski definition) is 1. The topological polar surface area (TPSA) is 41.6 Å². The van der Waals surface area contributed by atoms with E-state index in [4.69, 9.17) is 16.3 Å². The number of likely N-dealkylation sites (tertiary alicyclic amines) is 1. The van der Waals surface area contributed by atoms with E-state index in [-0.39, 0.29) is 0 Å². The molecule has 0 aromatic heterocycles. The normalized spacial score (nSPS) is 15.9. The van der Waals surface area contributed by atoms with Crippen LogP contribution >= 0.6 is 11.6 Å². The molecule has 0 unspecified atom stereocenters. The fourth-order valence-electron chi connectivity index (χ4n) is 2.34. The van der Waals surface area contributed by atoms with Gasteiger partial charge in [0.25, 0.3) is 0 Å². The third-order valence-electron chi connectivity index (χ3n) is 3.59. The van der Waals surface area contributed by atoms with Gasteiger partial charge in [-0.15, -0.1) is 0 Å². The first-order chi connectivity index (χ1) is 9.66. The van der Waals surface area contributed by atoms with Crippen molar-refractivity contribution in [2.24, 2.45) is 0 Å². The van der Waals surface area contributed by atoms with E-state index < -0.39 is 6.09 Å². The summed E-state index contributed by atoms with van der Waals surface area (Å²) in [5, 5.41) is 3.36. The molecule has 4 nitrogen and oxygen atoms in total. The van der Waals surface area contributed by atoms with Crippen LogP contribution in [0.25, 0.3) is 0 Å². The molecule has 2 rings (SSSR count). The molecule has 1 N–H and O–H groups in total. The summed E-state index contributed by atoms with van der Waals surface area (Å²) in [5.74, 6) is 0. The maximum Gasteiger partial charge on any atom is 0.411 e. The summed E-state index contributed by atoms with van der Waals surface area (Å²) in [6, 6.07) is 5.41. The van der Waals surface area contributed by atoms with E-state index in [0.29, 0.717) is 17.3 Å². The number of carbonyl (C=O) groups is 1. The molecule has 20 heavy (non-hydrogen) atoms. The van der Waals surface area contributed by atoms with Crippen LogP contribution in [0.2, 0.25) is 5.02 Å². The van der Waals surface area contributed by atoms with Crippen LogP contribution in [0, 0.1) is 6.92 Å². The Kier molecular flexibility index (Phi) is 5.68. The molecule has 1 saturated heterocycles. The Morgan fingerprint density at radius 2 is 2.10 bits per heavy atom. The smallest absolute Gasteiger partial charge is 0.411 e. The summed E-state index contributed by atoms with van der Waals surface area (Å²) in [6.45, 7) is 5.32. The Labute approximate surface area is 125 Å². The minimum Gasteiger partial charge on any atom is -0.448 e. The molecule has 5 heteroatoms. The van der Waals surface area contributed by atoms with Gasteiger partial charge in [0.1, 0.15) is 6.61 Å². The molecular weight excluding hydrogens is 276 g/mol. The second kappa shape index (κ2) is 7.50. The van der Waals surface area contributed by atoms with Gasteiger partial charge in [-0.1, -0.05) is 24.1 Å². The number of anilines is 1. The molecule has 1 aromatic carbocycles. The standard InChI is InChI=1S/C15H21ClN2O2/c1-12-13(16)6-5-7-14(12)17-15(19)20-11-10-18-8-3-2-4-9-18/h5-7H,2-4,8-11H2,1H3,(H,17,19). The van der Waals surface area contributed by atoms with Crippen molar-refractivity contribution in [2.45, 2.75) is 26.2 Å². The number of halogens is 1. The van der Waals surface area contributed by atoms with Crippen molar-refractivity contribution in [1.29, 1.82) is 0 Å². The second-order valence-corrected chi connectivity index (χ2v) is 5.48. The van der Waals surface area contributed by atoms with Crippen LogP contribution < -0.4 is 5.32 Å². The lowest BCUT2D eigenvalue weighted by molar-refractivity contribution is 0.131. The monoisotopic (exact) mass is 296 g/mol. The van der Waals surface area contributed by atoms with Gasteiger partial charge in [-0.3, -0.25) is 10.2 Å². The molecule has 0 atom stereocenters. The van der Waals surface area contributed by atoms with Crippen molar-refractivity contribution in [3.05, 3.63) is 28.8 Å². The lowest BCUT2D eigenvalue weighted by atomic mass is 10.1. The van der Waals surface area contributed by atoms with Crippen LogP contribution in [0.1, 0.15) is 24.8 Å². The van der Waals surface area contributed by atoms with E-state index >= 15 is 0 Å². The quantitative estimate of drug-likeness (QED) is 0.921. The molecule has 110 valence electrons. The highest BCUT2D eigenvalue weighted by atomic mass is 35.5. The molecule has 1 fully saturated rings. The van der Waals surface area contributed by atoms with E-state index in [9.17, 15) is 4.79 Å². The molecule has 0 saturated carbocycles. The van der Waals surface area contributed by atoms with Crippen LogP contribution in [0.4, 0.5) is 10.5 Å². The Hall–Kier alpha value is -1.26. The maximum atomic E-state index is 11.7. The molecule has 1 amide bonds. The summed E-state index contributed by atoms with van der Waals surface area (Å²) in [5.41, 5.74) is 1.54. The molecule has 0 spiro atoms. The van der Waals surface area contributed by atoms with Gasteiger partial charge in [0.15, 0.2) is 0 Å². The number of piperidine rings is 1. The van der Waals surface area contributed by atoms with Crippen LogP contribution in [0.3, 0.4) is 0 Å². The zero-order valence-corrected chi connectivity index (χ0v) is 12.6. The fourth-order valence-corrected chi connectivity index (χ4v) is 2.51. The van der Waals surface area contributed by atoms with Crippen molar-refractivity contribution >= 4 is 23.4 Å². The highest BCUT2D eigenvalue weighted by Crippen LogP contribution is 2.22. The van der Waals surface area contributed by atoms with Gasteiger partial charge < -0.3 is 4.74 Å². The average Bonchev–Trinajstić information content (AvgIpc) is 2.45. The zero-order valence-electron chi connectivity index (χ0n) is 11.8. The predicted octanol–water partition coefficient (Wildman–Crippen LogP) is 3.68. The van der Waals surface area contributed by atoms with E-state index in [1.807, 2.05) is 13.0 Å². The number of hydrogen-bond acceptors (Lipinski definition) is 3. The summed E-state index contributed by atoms with van der Waals surface area (Å²) in [6.07, 6.45) is 3.38. The average molecular weight is 297 g/mol. The zero-order chi connectivity index (χ0) is 14.4. The van der Waals surface area contributed by atoms with Crippen molar-refractivity contribution in [3.63, 3.8) is 0 Å². The van der Waals surface area contributed by atoms with Crippen LogP contribution in [-0.4, -0.2) is 37.2 Å². The minimum atomic E-state index is -0.424. The van der Waals surface area contributed by atoms with Crippen molar-refractivity contribution < 1.29 is 9.53 Å². The molecule has 0 aliphatic carbocycles. The summed E-state index contributed by atoms with van der Waals surface area (Å²) in [7, 11) is 0. The number of rotatable bonds is 4. The number of ether oxygens (including phenoxy) is 1. The molecule has 0 bridgehead atoms. The highest BCUT2D eigenvalue weighted by molar-refractivity contribution is 6.31. The second-order valence-electron chi connectivity index (χ2n) is 5.08. The van der Waals surface area contributed by atoms with Crippen LogP contribution in [0.5, 0.6) is 0 Å². The first kappa shape index (κ1) is 15.1. The number of amides is 1. The van der Waals surface area contributed by atoms with Gasteiger partial charge in [-0.05, 0) is 50.6 Å². The van der Waals surface area contributed by atoms with Crippen LogP contribution in [0.15, 0.2) is 18.2 Å². The van der Waals surface area contributed by atoms with Gasteiger partial charge in [-0.25, -0.2) is 4.79 Å². The Bertz CT molecular complexity index is 459. The number of nitrogens with zero attached hydrogens (tertiary/aromatic N) is 1. The lowest BCUT2D eigenvalue weighted by Gasteiger charge is -2.25. The fraction of sp³-hybridized carbons (Fsp3) is 0.533. The van der Waals surface area contributed by atoms with Gasteiger partial charge in [0, 0.05) is 17.3 Å². The maximum absolute atomic E-state index is 11.7. The number of nitrogens with one attached hydrogen (secondary N) is 1. The summed E-state index contributed by atoms with van der Waals surface area (Å²) < 4.78 is 5.21. The molecule has 1 heterocycles. The van der Waals surface area contributed by atoms with Gasteiger partial charge in [-0.2, -0.15) is 0 Å². The number of benzene rings is 1. The van der Waals surface area contributed by atoms with Gasteiger partial charge >= 0.3 is 6.09 Å². The summed E-state index contributed by atoms with van der Waals surface area (Å²) >= 11 is 6.00. The SMILES string of the molecule is Cc1c(Cl)cccc1NC(=O)OCCN1CCCCC1. The Morgan fingerprint density at radius 3 is 2.85 bits per heavy atom. The van der Waals surface area contributed by atoms with Crippen molar-refractivity contribution in [1.82, 2.24) is 4.90 Å².